The molecule has 2 saturated heterocycles. The summed E-state index contributed by atoms with van der Waals surface area (Å²) >= 11 is 0. The summed E-state index contributed by atoms with van der Waals surface area (Å²) in [7, 11) is 2.03. The first kappa shape index (κ1) is 15.7. The van der Waals surface area contributed by atoms with Crippen LogP contribution in [0.25, 0.3) is 0 Å². The van der Waals surface area contributed by atoms with Gasteiger partial charge in [-0.05, 0) is 25.2 Å². The Balaban J connectivity index is 1.58. The van der Waals surface area contributed by atoms with Crippen molar-refractivity contribution < 1.29 is 14.0 Å². The molecule has 2 fully saturated rings. The molecule has 2 aliphatic heterocycles. The fourth-order valence-corrected chi connectivity index (χ4v) is 2.97. The lowest BCUT2D eigenvalue weighted by Crippen LogP contribution is -2.52. The van der Waals surface area contributed by atoms with E-state index in [-0.39, 0.29) is 30.2 Å². The number of hydrogen-bond acceptors (Lipinski definition) is 3. The van der Waals surface area contributed by atoms with Crippen LogP contribution in [0.5, 0.6) is 0 Å². The highest BCUT2D eigenvalue weighted by Gasteiger charge is 2.33. The second-order valence-electron chi connectivity index (χ2n) is 6.13. The Morgan fingerprint density at radius 2 is 2.00 bits per heavy atom. The molecule has 1 N–H and O–H groups in total. The fraction of sp³-hybridized carbons (Fsp3) is 0.500. The summed E-state index contributed by atoms with van der Waals surface area (Å²) < 4.78 is 13.3. The molecule has 6 nitrogen and oxygen atoms in total. The van der Waals surface area contributed by atoms with Crippen molar-refractivity contribution in [2.24, 2.45) is 0 Å². The van der Waals surface area contributed by atoms with Gasteiger partial charge in [-0.3, -0.25) is 4.79 Å². The van der Waals surface area contributed by atoms with Crippen molar-refractivity contribution in [2.45, 2.75) is 12.5 Å². The smallest absolute Gasteiger partial charge is 0.317 e. The van der Waals surface area contributed by atoms with Gasteiger partial charge in [-0.15, -0.1) is 0 Å². The molecule has 0 radical (unpaired) electrons. The van der Waals surface area contributed by atoms with Crippen LogP contribution in [0.1, 0.15) is 6.42 Å². The number of anilines is 1. The molecule has 3 rings (SSSR count). The van der Waals surface area contributed by atoms with Crippen molar-refractivity contribution in [1.29, 1.82) is 0 Å². The maximum Gasteiger partial charge on any atom is 0.317 e. The van der Waals surface area contributed by atoms with E-state index in [1.165, 1.54) is 17.0 Å². The Morgan fingerprint density at radius 1 is 1.26 bits per heavy atom. The second kappa shape index (κ2) is 6.54. The van der Waals surface area contributed by atoms with E-state index in [0.29, 0.717) is 25.3 Å². The molecule has 0 unspecified atom stereocenters. The van der Waals surface area contributed by atoms with Crippen LogP contribution in [0.4, 0.5) is 14.9 Å². The molecule has 1 aromatic rings. The van der Waals surface area contributed by atoms with Crippen LogP contribution in [0.2, 0.25) is 0 Å². The molecule has 0 saturated carbocycles. The van der Waals surface area contributed by atoms with Crippen LogP contribution in [0.15, 0.2) is 24.3 Å². The lowest BCUT2D eigenvalue weighted by Gasteiger charge is -2.33. The Kier molecular flexibility index (Phi) is 4.47. The summed E-state index contributed by atoms with van der Waals surface area (Å²) in [5, 5.41) is 2.92. The molecule has 0 bridgehead atoms. The molecule has 1 aromatic carbocycles. The van der Waals surface area contributed by atoms with Gasteiger partial charge >= 0.3 is 6.03 Å². The predicted molar refractivity (Wildman–Crippen MR) is 84.8 cm³/mol. The van der Waals surface area contributed by atoms with E-state index in [2.05, 4.69) is 10.2 Å². The number of nitrogens with zero attached hydrogens (tertiary/aromatic N) is 3. The molecule has 0 aromatic heterocycles. The van der Waals surface area contributed by atoms with E-state index in [4.69, 9.17) is 0 Å². The topological polar surface area (TPSA) is 55.9 Å². The highest BCUT2D eigenvalue weighted by Crippen LogP contribution is 2.22. The van der Waals surface area contributed by atoms with Crippen LogP contribution in [-0.4, -0.2) is 67.6 Å². The van der Waals surface area contributed by atoms with Gasteiger partial charge in [-0.2, -0.15) is 0 Å². The number of likely N-dealkylation sites (N-methyl/N-ethyl adjacent to an activating group) is 1. The summed E-state index contributed by atoms with van der Waals surface area (Å²) in [5.74, 6) is -0.473. The molecule has 7 heteroatoms. The average Bonchev–Trinajstić information content (AvgIpc) is 2.88. The number of carbonyl (C=O) groups excluding carboxylic acids is 2. The molecule has 0 aliphatic carbocycles. The zero-order chi connectivity index (χ0) is 16.4. The standard InChI is InChI=1S/C16H21FN4O2/c1-19-5-7-20(8-6-19)16(23)18-13-10-15(22)21(11-13)14-4-2-3-12(17)9-14/h2-4,9,13H,5-8,10-11H2,1H3,(H,18,23)/t13-/m0/s1. The maximum absolute atomic E-state index is 13.3. The lowest BCUT2D eigenvalue weighted by molar-refractivity contribution is -0.117. The van der Waals surface area contributed by atoms with Crippen LogP contribution < -0.4 is 10.2 Å². The van der Waals surface area contributed by atoms with Gasteiger partial charge in [0.1, 0.15) is 5.82 Å². The number of urea groups is 1. The summed E-state index contributed by atoms with van der Waals surface area (Å²) in [6, 6.07) is 5.59. The van der Waals surface area contributed by atoms with Gasteiger partial charge in [-0.25, -0.2) is 9.18 Å². The number of carbonyl (C=O) groups is 2. The average molecular weight is 320 g/mol. The van der Waals surface area contributed by atoms with Crippen molar-refractivity contribution in [3.8, 4) is 0 Å². The molecule has 3 amide bonds. The van der Waals surface area contributed by atoms with Crippen LogP contribution in [0.3, 0.4) is 0 Å². The number of piperazine rings is 1. The third-order valence-corrected chi connectivity index (χ3v) is 4.36. The van der Waals surface area contributed by atoms with Crippen molar-refractivity contribution in [3.63, 3.8) is 0 Å². The highest BCUT2D eigenvalue weighted by molar-refractivity contribution is 5.96. The largest absolute Gasteiger partial charge is 0.333 e. The SMILES string of the molecule is CN1CCN(C(=O)N[C@H]2CC(=O)N(c3cccc(F)c3)C2)CC1. The van der Waals surface area contributed by atoms with Gasteiger partial charge in [0.25, 0.3) is 0 Å². The van der Waals surface area contributed by atoms with E-state index >= 15 is 0 Å². The molecule has 2 aliphatic rings. The zero-order valence-electron chi connectivity index (χ0n) is 13.2. The first-order valence-electron chi connectivity index (χ1n) is 7.83. The van der Waals surface area contributed by atoms with Crippen LogP contribution >= 0.6 is 0 Å². The molecular formula is C16H21FN4O2. The zero-order valence-corrected chi connectivity index (χ0v) is 13.2. The number of benzene rings is 1. The fourth-order valence-electron chi connectivity index (χ4n) is 2.97. The molecule has 23 heavy (non-hydrogen) atoms. The number of amides is 3. The number of hydrogen-bond donors (Lipinski definition) is 1. The minimum absolute atomic E-state index is 0.0979. The Bertz CT molecular complexity index is 601. The van der Waals surface area contributed by atoms with Crippen molar-refractivity contribution in [1.82, 2.24) is 15.1 Å². The number of nitrogens with one attached hydrogen (secondary N) is 1. The van der Waals surface area contributed by atoms with Gasteiger partial charge in [0, 0.05) is 44.8 Å². The van der Waals surface area contributed by atoms with Crippen LogP contribution in [0, 0.1) is 5.82 Å². The Hall–Kier alpha value is -2.15. The van der Waals surface area contributed by atoms with Crippen molar-refractivity contribution >= 4 is 17.6 Å². The normalized spacial score (nSPS) is 22.5. The van der Waals surface area contributed by atoms with Gasteiger partial charge in [0.2, 0.25) is 5.91 Å². The van der Waals surface area contributed by atoms with Gasteiger partial charge < -0.3 is 20.0 Å². The third kappa shape index (κ3) is 3.61. The number of rotatable bonds is 2. The minimum Gasteiger partial charge on any atom is -0.333 e. The predicted octanol–water partition coefficient (Wildman–Crippen LogP) is 0.888. The third-order valence-electron chi connectivity index (χ3n) is 4.36. The monoisotopic (exact) mass is 320 g/mol. The second-order valence-corrected chi connectivity index (χ2v) is 6.13. The lowest BCUT2D eigenvalue weighted by atomic mass is 10.2. The van der Waals surface area contributed by atoms with Crippen molar-refractivity contribution in [2.75, 3.05) is 44.7 Å². The van der Waals surface area contributed by atoms with Crippen molar-refractivity contribution in [3.05, 3.63) is 30.1 Å². The van der Waals surface area contributed by atoms with E-state index < -0.39 is 0 Å². The quantitative estimate of drug-likeness (QED) is 0.880. The van der Waals surface area contributed by atoms with Crippen LogP contribution in [-0.2, 0) is 4.79 Å². The maximum atomic E-state index is 13.3. The highest BCUT2D eigenvalue weighted by atomic mass is 19.1. The first-order chi connectivity index (χ1) is 11.0. The summed E-state index contributed by atoms with van der Waals surface area (Å²) in [6.07, 6.45) is 0.246. The molecule has 2 heterocycles. The molecule has 124 valence electrons. The molecule has 1 atom stereocenters. The van der Waals surface area contributed by atoms with E-state index in [1.807, 2.05) is 7.05 Å². The molecular weight excluding hydrogens is 299 g/mol. The van der Waals surface area contributed by atoms with Gasteiger partial charge in [-0.1, -0.05) is 6.07 Å². The van der Waals surface area contributed by atoms with Gasteiger partial charge in [0.15, 0.2) is 0 Å². The Labute approximate surface area is 134 Å². The first-order valence-corrected chi connectivity index (χ1v) is 7.83. The summed E-state index contributed by atoms with van der Waals surface area (Å²) in [5.41, 5.74) is 0.534. The summed E-state index contributed by atoms with van der Waals surface area (Å²) in [6.45, 7) is 3.47. The number of halogens is 1. The van der Waals surface area contributed by atoms with E-state index in [9.17, 15) is 14.0 Å². The molecule has 0 spiro atoms. The van der Waals surface area contributed by atoms with Gasteiger partial charge in [0.05, 0.1) is 6.04 Å². The van der Waals surface area contributed by atoms with E-state index in [1.54, 1.807) is 17.0 Å². The minimum atomic E-state index is -0.375. The summed E-state index contributed by atoms with van der Waals surface area (Å²) in [4.78, 5) is 29.9. The van der Waals surface area contributed by atoms with E-state index in [0.717, 1.165) is 13.1 Å². The Morgan fingerprint density at radius 3 is 2.70 bits per heavy atom.